The number of nitrogens with zero attached hydrogens (tertiary/aromatic N) is 1. The van der Waals surface area contributed by atoms with Crippen LogP contribution in [0.1, 0.15) is 10.4 Å². The lowest BCUT2D eigenvalue weighted by Gasteiger charge is -2.12. The Kier molecular flexibility index (Phi) is 5.71. The first kappa shape index (κ1) is 16.7. The second-order valence-corrected chi connectivity index (χ2v) is 6.64. The molecule has 0 saturated carbocycles. The first-order valence-corrected chi connectivity index (χ1v) is 8.21. The molecule has 1 atom stereocenters. The minimum Gasteiger partial charge on any atom is -0.378 e. The zero-order valence-corrected chi connectivity index (χ0v) is 13.9. The average Bonchev–Trinajstić information content (AvgIpc) is 2.53. The van der Waals surface area contributed by atoms with Crippen LogP contribution in [0.15, 0.2) is 53.4 Å². The van der Waals surface area contributed by atoms with E-state index in [1.165, 1.54) is 0 Å². The van der Waals surface area contributed by atoms with Gasteiger partial charge in [-0.25, -0.2) is 8.93 Å². The van der Waals surface area contributed by atoms with Gasteiger partial charge in [-0.2, -0.15) is 0 Å². The number of Topliss-reactive ketones (excluding diaryl/α,β-unsaturated/α-hetero) is 1. The smallest absolute Gasteiger partial charge is 0.177 e. The molecule has 0 saturated heterocycles. The maximum Gasteiger partial charge on any atom is 0.177 e. The van der Waals surface area contributed by atoms with E-state index in [0.717, 1.165) is 5.69 Å². The van der Waals surface area contributed by atoms with Crippen molar-refractivity contribution in [1.82, 2.24) is 4.72 Å². The number of hydrogen-bond donors (Lipinski definition) is 1. The van der Waals surface area contributed by atoms with Gasteiger partial charge in [-0.3, -0.25) is 4.79 Å². The summed E-state index contributed by atoms with van der Waals surface area (Å²) >= 11 is 5.78. The summed E-state index contributed by atoms with van der Waals surface area (Å²) in [6.45, 7) is 0.0105. The topological polar surface area (TPSA) is 49.4 Å². The maximum absolute atomic E-state index is 12.1. The summed E-state index contributed by atoms with van der Waals surface area (Å²) in [5, 5.41) is 0.581. The Balaban J connectivity index is 1.94. The summed E-state index contributed by atoms with van der Waals surface area (Å²) in [7, 11) is 2.44. The van der Waals surface area contributed by atoms with E-state index in [2.05, 4.69) is 4.72 Å². The molecule has 22 heavy (non-hydrogen) atoms. The number of rotatable bonds is 6. The summed E-state index contributed by atoms with van der Waals surface area (Å²) < 4.78 is 14.8. The van der Waals surface area contributed by atoms with Crippen LogP contribution < -0.4 is 9.62 Å². The van der Waals surface area contributed by atoms with E-state index < -0.39 is 11.0 Å². The van der Waals surface area contributed by atoms with Gasteiger partial charge in [-0.1, -0.05) is 11.6 Å². The number of benzene rings is 2. The third-order valence-electron chi connectivity index (χ3n) is 3.10. The molecule has 2 aromatic rings. The third kappa shape index (κ3) is 4.40. The van der Waals surface area contributed by atoms with E-state index in [1.54, 1.807) is 36.4 Å². The molecule has 0 heterocycles. The van der Waals surface area contributed by atoms with Gasteiger partial charge in [0.25, 0.3) is 0 Å². The van der Waals surface area contributed by atoms with Crippen molar-refractivity contribution >= 4 is 34.1 Å². The monoisotopic (exact) mass is 336 g/mol. The molecule has 0 radical (unpaired) electrons. The summed E-state index contributed by atoms with van der Waals surface area (Å²) in [5.74, 6) is -0.104. The van der Waals surface area contributed by atoms with Crippen molar-refractivity contribution in [2.45, 2.75) is 4.90 Å². The summed E-state index contributed by atoms with van der Waals surface area (Å²) in [5.41, 5.74) is 1.61. The van der Waals surface area contributed by atoms with Crippen LogP contribution in [0.25, 0.3) is 0 Å². The van der Waals surface area contributed by atoms with Gasteiger partial charge in [0.1, 0.15) is 11.0 Å². The van der Waals surface area contributed by atoms with Gasteiger partial charge in [0, 0.05) is 30.4 Å². The van der Waals surface area contributed by atoms with Crippen LogP contribution in [-0.2, 0) is 11.0 Å². The van der Waals surface area contributed by atoms with Crippen molar-refractivity contribution < 1.29 is 9.00 Å². The van der Waals surface area contributed by atoms with Gasteiger partial charge in [0.05, 0.1) is 11.4 Å². The Labute approximate surface area is 137 Å². The molecule has 0 amide bonds. The van der Waals surface area contributed by atoms with Crippen LogP contribution in [0.2, 0.25) is 5.02 Å². The summed E-state index contributed by atoms with van der Waals surface area (Å²) in [6.07, 6.45) is 0. The molecule has 0 spiro atoms. The zero-order valence-electron chi connectivity index (χ0n) is 12.4. The van der Waals surface area contributed by atoms with Crippen LogP contribution in [0.3, 0.4) is 0 Å². The fourth-order valence-electron chi connectivity index (χ4n) is 1.82. The fraction of sp³-hybridized carbons (Fsp3) is 0.188. The van der Waals surface area contributed by atoms with Crippen LogP contribution in [0, 0.1) is 0 Å². The number of anilines is 1. The minimum atomic E-state index is -1.44. The first-order chi connectivity index (χ1) is 10.5. The molecular formula is C16H17ClN2O2S. The molecule has 0 aliphatic carbocycles. The third-order valence-corrected chi connectivity index (χ3v) is 4.46. The van der Waals surface area contributed by atoms with Gasteiger partial charge in [-0.05, 0) is 48.5 Å². The van der Waals surface area contributed by atoms with Crippen molar-refractivity contribution in [3.05, 3.63) is 59.1 Å². The summed E-state index contributed by atoms with van der Waals surface area (Å²) in [6, 6.07) is 14.0. The molecule has 1 unspecified atom stereocenters. The van der Waals surface area contributed by atoms with Crippen molar-refractivity contribution in [3.63, 3.8) is 0 Å². The molecule has 4 nitrogen and oxygen atoms in total. The van der Waals surface area contributed by atoms with Crippen molar-refractivity contribution in [2.75, 3.05) is 25.5 Å². The van der Waals surface area contributed by atoms with E-state index in [0.29, 0.717) is 15.5 Å². The van der Waals surface area contributed by atoms with Crippen LogP contribution >= 0.6 is 11.6 Å². The Morgan fingerprint density at radius 1 is 1.09 bits per heavy atom. The number of ketones is 1. The number of hydrogen-bond acceptors (Lipinski definition) is 3. The molecular weight excluding hydrogens is 320 g/mol. The van der Waals surface area contributed by atoms with E-state index in [4.69, 9.17) is 11.6 Å². The van der Waals surface area contributed by atoms with Crippen LogP contribution in [-0.4, -0.2) is 30.6 Å². The Hall–Kier alpha value is -1.69. The van der Waals surface area contributed by atoms with E-state index >= 15 is 0 Å². The Morgan fingerprint density at radius 2 is 1.68 bits per heavy atom. The number of carbonyl (C=O) groups is 1. The quantitative estimate of drug-likeness (QED) is 0.825. The van der Waals surface area contributed by atoms with Crippen molar-refractivity contribution in [2.24, 2.45) is 0 Å². The van der Waals surface area contributed by atoms with Crippen LogP contribution in [0.4, 0.5) is 5.69 Å². The van der Waals surface area contributed by atoms with Gasteiger partial charge in [-0.15, -0.1) is 0 Å². The SMILES string of the molecule is CN(C)c1ccc(C(=O)CNS(=O)c2ccc(Cl)cc2)cc1. The number of halogens is 1. The largest absolute Gasteiger partial charge is 0.378 e. The van der Waals surface area contributed by atoms with Gasteiger partial charge in [0.2, 0.25) is 0 Å². The standard InChI is InChI=1S/C16H17ClN2O2S/c1-19(2)14-7-3-12(4-8-14)16(20)11-18-22(21)15-9-5-13(17)6-10-15/h3-10,18H,11H2,1-2H3. The molecule has 116 valence electrons. The molecule has 0 aromatic heterocycles. The molecule has 2 aromatic carbocycles. The van der Waals surface area contributed by atoms with E-state index in [-0.39, 0.29) is 12.3 Å². The zero-order chi connectivity index (χ0) is 16.1. The fourth-order valence-corrected chi connectivity index (χ4v) is 2.76. The average molecular weight is 337 g/mol. The van der Waals surface area contributed by atoms with Crippen molar-refractivity contribution in [1.29, 1.82) is 0 Å². The first-order valence-electron chi connectivity index (χ1n) is 6.69. The lowest BCUT2D eigenvalue weighted by Crippen LogP contribution is -2.25. The maximum atomic E-state index is 12.1. The van der Waals surface area contributed by atoms with Crippen LogP contribution in [0.5, 0.6) is 0 Å². The lowest BCUT2D eigenvalue weighted by molar-refractivity contribution is 0.0997. The Morgan fingerprint density at radius 3 is 2.23 bits per heavy atom. The van der Waals surface area contributed by atoms with Gasteiger partial charge in [0.15, 0.2) is 5.78 Å². The van der Waals surface area contributed by atoms with E-state index in [1.807, 2.05) is 31.1 Å². The normalized spacial score (nSPS) is 12.0. The predicted octanol–water partition coefficient (Wildman–Crippen LogP) is 2.90. The molecule has 0 aliphatic rings. The highest BCUT2D eigenvalue weighted by Crippen LogP contribution is 2.13. The van der Waals surface area contributed by atoms with Crippen molar-refractivity contribution in [3.8, 4) is 0 Å². The lowest BCUT2D eigenvalue weighted by atomic mass is 10.1. The minimum absolute atomic E-state index is 0.0105. The number of nitrogens with one attached hydrogen (secondary N) is 1. The second kappa shape index (κ2) is 7.54. The molecule has 0 aliphatic heterocycles. The molecule has 0 bridgehead atoms. The highest BCUT2D eigenvalue weighted by atomic mass is 35.5. The van der Waals surface area contributed by atoms with Gasteiger partial charge >= 0.3 is 0 Å². The number of carbonyl (C=O) groups excluding carboxylic acids is 1. The predicted molar refractivity (Wildman–Crippen MR) is 91.0 cm³/mol. The highest BCUT2D eigenvalue weighted by molar-refractivity contribution is 7.83. The Bertz CT molecular complexity index is 670. The highest BCUT2D eigenvalue weighted by Gasteiger charge is 2.09. The molecule has 6 heteroatoms. The summed E-state index contributed by atoms with van der Waals surface area (Å²) in [4.78, 5) is 14.6. The molecule has 1 N–H and O–H groups in total. The molecule has 2 rings (SSSR count). The van der Waals surface area contributed by atoms with Gasteiger partial charge < -0.3 is 4.90 Å². The van der Waals surface area contributed by atoms with E-state index in [9.17, 15) is 9.00 Å². The second-order valence-electron chi connectivity index (χ2n) is 4.91. The molecule has 0 fully saturated rings.